The van der Waals surface area contributed by atoms with Crippen molar-refractivity contribution in [2.24, 2.45) is 5.92 Å². The largest absolute Gasteiger partial charge is 0.314 e. The second-order valence-electron chi connectivity index (χ2n) is 6.19. The normalized spacial score (nSPS) is 26.3. The molecule has 0 heterocycles. The number of hydrogen-bond acceptors (Lipinski definition) is 1. The van der Waals surface area contributed by atoms with Gasteiger partial charge in [-0.25, -0.2) is 0 Å². The minimum atomic E-state index is 0.775. The van der Waals surface area contributed by atoms with Crippen LogP contribution < -0.4 is 5.32 Å². The summed E-state index contributed by atoms with van der Waals surface area (Å²) in [6, 6.07) is 16.5. The van der Waals surface area contributed by atoms with Crippen molar-refractivity contribution in [1.29, 1.82) is 0 Å². The fraction of sp³-hybridized carbons (Fsp3) is 0.444. The van der Waals surface area contributed by atoms with Gasteiger partial charge in [0, 0.05) is 6.04 Å². The fourth-order valence-corrected chi connectivity index (χ4v) is 3.40. The quantitative estimate of drug-likeness (QED) is 0.863. The SMILES string of the molecule is c1ccc2c(C3CCC3CNC3CC3)cccc2c1. The molecule has 4 rings (SSSR count). The maximum Gasteiger partial charge on any atom is 0.00683 e. The summed E-state index contributed by atoms with van der Waals surface area (Å²) in [6.45, 7) is 1.22. The van der Waals surface area contributed by atoms with Crippen LogP contribution in [0.3, 0.4) is 0 Å². The maximum atomic E-state index is 3.71. The minimum Gasteiger partial charge on any atom is -0.314 e. The van der Waals surface area contributed by atoms with E-state index in [-0.39, 0.29) is 0 Å². The standard InChI is InChI=1S/C18H21N/c1-2-6-16-13(4-1)5-3-7-18(16)17-11-8-14(17)12-19-15-9-10-15/h1-7,14-15,17,19H,8-12H2. The van der Waals surface area contributed by atoms with Gasteiger partial charge in [0.05, 0.1) is 0 Å². The first kappa shape index (κ1) is 11.5. The molecule has 0 aliphatic heterocycles. The van der Waals surface area contributed by atoms with E-state index >= 15 is 0 Å². The lowest BCUT2D eigenvalue weighted by atomic mass is 9.69. The third-order valence-corrected chi connectivity index (χ3v) is 4.89. The fourth-order valence-electron chi connectivity index (χ4n) is 3.40. The van der Waals surface area contributed by atoms with Gasteiger partial charge in [-0.3, -0.25) is 0 Å². The van der Waals surface area contributed by atoms with Gasteiger partial charge in [-0.05, 0) is 60.4 Å². The Balaban J connectivity index is 1.59. The first-order valence-corrected chi connectivity index (χ1v) is 7.63. The van der Waals surface area contributed by atoms with Gasteiger partial charge in [0.1, 0.15) is 0 Å². The Morgan fingerprint density at radius 2 is 1.74 bits per heavy atom. The highest BCUT2D eigenvalue weighted by atomic mass is 14.9. The molecule has 1 nitrogen and oxygen atoms in total. The van der Waals surface area contributed by atoms with E-state index in [4.69, 9.17) is 0 Å². The number of hydrogen-bond donors (Lipinski definition) is 1. The molecule has 2 fully saturated rings. The van der Waals surface area contributed by atoms with Crippen LogP contribution in [0.2, 0.25) is 0 Å². The molecule has 2 aromatic rings. The summed E-state index contributed by atoms with van der Waals surface area (Å²) in [4.78, 5) is 0. The Morgan fingerprint density at radius 1 is 0.895 bits per heavy atom. The molecule has 19 heavy (non-hydrogen) atoms. The number of fused-ring (bicyclic) bond motifs is 1. The molecule has 2 saturated carbocycles. The molecule has 2 aromatic carbocycles. The predicted octanol–water partition coefficient (Wildman–Crippen LogP) is 4.09. The topological polar surface area (TPSA) is 12.0 Å². The van der Waals surface area contributed by atoms with Crippen molar-refractivity contribution in [2.45, 2.75) is 37.6 Å². The summed E-state index contributed by atoms with van der Waals surface area (Å²) in [5.74, 6) is 1.63. The van der Waals surface area contributed by atoms with Gasteiger partial charge in [-0.15, -0.1) is 0 Å². The Hall–Kier alpha value is -1.34. The van der Waals surface area contributed by atoms with E-state index in [0.29, 0.717) is 0 Å². The van der Waals surface area contributed by atoms with Crippen LogP contribution in [0.15, 0.2) is 42.5 Å². The lowest BCUT2D eigenvalue weighted by Crippen LogP contribution is -2.34. The van der Waals surface area contributed by atoms with Gasteiger partial charge in [0.25, 0.3) is 0 Å². The number of benzene rings is 2. The average molecular weight is 251 g/mol. The Kier molecular flexibility index (Phi) is 2.81. The van der Waals surface area contributed by atoms with Crippen LogP contribution in [-0.4, -0.2) is 12.6 Å². The van der Waals surface area contributed by atoms with Crippen molar-refractivity contribution < 1.29 is 0 Å². The number of nitrogens with one attached hydrogen (secondary N) is 1. The van der Waals surface area contributed by atoms with Gasteiger partial charge in [0.15, 0.2) is 0 Å². The Bertz CT molecular complexity index is 580. The molecule has 0 radical (unpaired) electrons. The molecule has 0 spiro atoms. The predicted molar refractivity (Wildman–Crippen MR) is 80.4 cm³/mol. The molecule has 0 bridgehead atoms. The van der Waals surface area contributed by atoms with Crippen molar-refractivity contribution in [3.8, 4) is 0 Å². The number of rotatable bonds is 4. The van der Waals surface area contributed by atoms with Crippen LogP contribution in [0.1, 0.15) is 37.2 Å². The zero-order chi connectivity index (χ0) is 12.7. The molecule has 98 valence electrons. The van der Waals surface area contributed by atoms with E-state index in [9.17, 15) is 0 Å². The Morgan fingerprint density at radius 3 is 2.53 bits per heavy atom. The van der Waals surface area contributed by atoms with Crippen molar-refractivity contribution in [1.82, 2.24) is 5.32 Å². The van der Waals surface area contributed by atoms with Gasteiger partial charge in [-0.1, -0.05) is 42.5 Å². The third-order valence-electron chi connectivity index (χ3n) is 4.89. The third kappa shape index (κ3) is 2.17. The summed E-state index contributed by atoms with van der Waals surface area (Å²) in [6.07, 6.45) is 5.55. The summed E-state index contributed by atoms with van der Waals surface area (Å²) in [5, 5.41) is 6.56. The van der Waals surface area contributed by atoms with E-state index in [1.165, 1.54) is 43.0 Å². The summed E-state index contributed by atoms with van der Waals surface area (Å²) < 4.78 is 0. The molecular formula is C18H21N. The van der Waals surface area contributed by atoms with E-state index in [1.54, 1.807) is 5.56 Å². The molecule has 2 aliphatic rings. The lowest BCUT2D eigenvalue weighted by molar-refractivity contribution is 0.246. The van der Waals surface area contributed by atoms with Crippen molar-refractivity contribution in [3.05, 3.63) is 48.0 Å². The monoisotopic (exact) mass is 251 g/mol. The zero-order valence-electron chi connectivity index (χ0n) is 11.3. The molecule has 0 aromatic heterocycles. The molecule has 2 unspecified atom stereocenters. The van der Waals surface area contributed by atoms with Crippen LogP contribution >= 0.6 is 0 Å². The highest BCUT2D eigenvalue weighted by Crippen LogP contribution is 2.44. The van der Waals surface area contributed by atoms with Gasteiger partial charge in [0.2, 0.25) is 0 Å². The first-order chi connectivity index (χ1) is 9.42. The van der Waals surface area contributed by atoms with Gasteiger partial charge < -0.3 is 5.32 Å². The highest BCUT2D eigenvalue weighted by Gasteiger charge is 2.34. The van der Waals surface area contributed by atoms with Crippen LogP contribution in [-0.2, 0) is 0 Å². The van der Waals surface area contributed by atoms with Gasteiger partial charge >= 0.3 is 0 Å². The first-order valence-electron chi connectivity index (χ1n) is 7.63. The smallest absolute Gasteiger partial charge is 0.00683 e. The van der Waals surface area contributed by atoms with Crippen LogP contribution in [0.25, 0.3) is 10.8 Å². The zero-order valence-corrected chi connectivity index (χ0v) is 11.3. The lowest BCUT2D eigenvalue weighted by Gasteiger charge is -2.38. The van der Waals surface area contributed by atoms with Crippen LogP contribution in [0.5, 0.6) is 0 Å². The van der Waals surface area contributed by atoms with E-state index < -0.39 is 0 Å². The Labute approximate surface area is 115 Å². The average Bonchev–Trinajstić information content (AvgIpc) is 3.22. The van der Waals surface area contributed by atoms with Crippen molar-refractivity contribution in [3.63, 3.8) is 0 Å². The van der Waals surface area contributed by atoms with E-state index in [1.807, 2.05) is 0 Å². The van der Waals surface area contributed by atoms with Crippen molar-refractivity contribution >= 4 is 10.8 Å². The summed E-state index contributed by atoms with van der Waals surface area (Å²) in [7, 11) is 0. The van der Waals surface area contributed by atoms with Crippen LogP contribution in [0, 0.1) is 5.92 Å². The molecule has 0 saturated heterocycles. The summed E-state index contributed by atoms with van der Waals surface area (Å²) >= 11 is 0. The van der Waals surface area contributed by atoms with E-state index in [2.05, 4.69) is 47.8 Å². The summed E-state index contributed by atoms with van der Waals surface area (Å²) in [5.41, 5.74) is 1.58. The molecular weight excluding hydrogens is 230 g/mol. The van der Waals surface area contributed by atoms with Gasteiger partial charge in [-0.2, -0.15) is 0 Å². The van der Waals surface area contributed by atoms with Crippen LogP contribution in [0.4, 0.5) is 0 Å². The molecule has 0 amide bonds. The molecule has 1 N–H and O–H groups in total. The molecule has 2 aliphatic carbocycles. The second-order valence-corrected chi connectivity index (χ2v) is 6.19. The second kappa shape index (κ2) is 4.64. The van der Waals surface area contributed by atoms with Crippen molar-refractivity contribution in [2.75, 3.05) is 6.54 Å². The molecule has 2 atom stereocenters. The highest BCUT2D eigenvalue weighted by molar-refractivity contribution is 5.86. The maximum absolute atomic E-state index is 3.71. The minimum absolute atomic E-state index is 0.775. The molecule has 1 heteroatoms. The van der Waals surface area contributed by atoms with E-state index in [0.717, 1.165) is 17.9 Å².